The van der Waals surface area contributed by atoms with Crippen LogP contribution in [-0.4, -0.2) is 17.8 Å². The van der Waals surface area contributed by atoms with Crippen LogP contribution in [0, 0.1) is 5.41 Å². The standard InChI is InChI=1S/C16H22BrNO2/c1-3-16(4-2,10-17)11-20-13-7-5-12-6-8-15(19)18-14(12)9-13/h5,7,9H,3-4,6,8,10-11H2,1-2H3,(H,18,19). The minimum atomic E-state index is 0.0894. The number of ether oxygens (including phenoxy) is 1. The van der Waals surface area contributed by atoms with Gasteiger partial charge in [-0.3, -0.25) is 4.79 Å². The smallest absolute Gasteiger partial charge is 0.224 e. The third kappa shape index (κ3) is 3.35. The SMILES string of the molecule is CCC(CC)(CBr)COc1ccc2c(c1)NC(=O)CC2. The van der Waals surface area contributed by atoms with Crippen molar-refractivity contribution in [3.63, 3.8) is 0 Å². The third-order valence-electron chi connectivity index (χ3n) is 4.31. The second-order valence-corrected chi connectivity index (χ2v) is 6.06. The molecule has 0 spiro atoms. The van der Waals surface area contributed by atoms with Gasteiger partial charge < -0.3 is 10.1 Å². The van der Waals surface area contributed by atoms with Crippen molar-refractivity contribution in [2.45, 2.75) is 39.5 Å². The first-order chi connectivity index (χ1) is 9.62. The van der Waals surface area contributed by atoms with Gasteiger partial charge in [0.25, 0.3) is 0 Å². The van der Waals surface area contributed by atoms with Crippen molar-refractivity contribution >= 4 is 27.5 Å². The molecule has 1 aliphatic rings. The molecule has 20 heavy (non-hydrogen) atoms. The number of amides is 1. The second-order valence-electron chi connectivity index (χ2n) is 5.50. The minimum absolute atomic E-state index is 0.0894. The predicted molar refractivity (Wildman–Crippen MR) is 85.7 cm³/mol. The molecule has 2 rings (SSSR count). The van der Waals surface area contributed by atoms with E-state index in [4.69, 9.17) is 4.74 Å². The quantitative estimate of drug-likeness (QED) is 0.790. The molecule has 1 amide bonds. The van der Waals surface area contributed by atoms with Gasteiger partial charge in [-0.25, -0.2) is 0 Å². The lowest BCUT2D eigenvalue weighted by Crippen LogP contribution is -2.29. The van der Waals surface area contributed by atoms with Gasteiger partial charge in [0.1, 0.15) is 5.75 Å². The maximum atomic E-state index is 11.4. The molecule has 1 aromatic rings. The molecule has 110 valence electrons. The van der Waals surface area contributed by atoms with Gasteiger partial charge in [0.05, 0.1) is 6.61 Å². The number of carbonyl (C=O) groups excluding carboxylic acids is 1. The van der Waals surface area contributed by atoms with E-state index in [2.05, 4.69) is 41.2 Å². The van der Waals surface area contributed by atoms with Crippen molar-refractivity contribution in [1.82, 2.24) is 0 Å². The summed E-state index contributed by atoms with van der Waals surface area (Å²) in [6.45, 7) is 5.08. The van der Waals surface area contributed by atoms with E-state index >= 15 is 0 Å². The molecule has 0 aromatic heterocycles. The van der Waals surface area contributed by atoms with E-state index in [9.17, 15) is 4.79 Å². The van der Waals surface area contributed by atoms with Crippen molar-refractivity contribution in [2.24, 2.45) is 5.41 Å². The number of alkyl halides is 1. The molecule has 0 saturated heterocycles. The molecule has 0 bridgehead atoms. The Morgan fingerprint density at radius 3 is 2.70 bits per heavy atom. The molecule has 3 nitrogen and oxygen atoms in total. The van der Waals surface area contributed by atoms with Gasteiger partial charge in [-0.2, -0.15) is 0 Å². The van der Waals surface area contributed by atoms with E-state index in [-0.39, 0.29) is 11.3 Å². The summed E-state index contributed by atoms with van der Waals surface area (Å²) >= 11 is 3.60. The maximum Gasteiger partial charge on any atom is 0.224 e. The van der Waals surface area contributed by atoms with Crippen LogP contribution in [0.3, 0.4) is 0 Å². The molecule has 0 unspecified atom stereocenters. The van der Waals surface area contributed by atoms with Gasteiger partial charge in [0.2, 0.25) is 5.91 Å². The zero-order chi connectivity index (χ0) is 14.6. The summed E-state index contributed by atoms with van der Waals surface area (Å²) in [6.07, 6.45) is 3.55. The number of fused-ring (bicyclic) bond motifs is 1. The molecular weight excluding hydrogens is 318 g/mol. The fourth-order valence-electron chi connectivity index (χ4n) is 2.36. The van der Waals surface area contributed by atoms with Gasteiger partial charge in [0.15, 0.2) is 0 Å². The first kappa shape index (κ1) is 15.4. The summed E-state index contributed by atoms with van der Waals surface area (Å²) in [5.74, 6) is 0.921. The second kappa shape index (κ2) is 6.61. The van der Waals surface area contributed by atoms with Crippen molar-refractivity contribution in [3.8, 4) is 5.75 Å². The molecule has 4 heteroatoms. The van der Waals surface area contributed by atoms with Crippen molar-refractivity contribution in [1.29, 1.82) is 0 Å². The van der Waals surface area contributed by atoms with Crippen LogP contribution >= 0.6 is 15.9 Å². The van der Waals surface area contributed by atoms with Crippen LogP contribution in [0.15, 0.2) is 18.2 Å². The van der Waals surface area contributed by atoms with Gasteiger partial charge in [-0.1, -0.05) is 35.8 Å². The number of hydrogen-bond acceptors (Lipinski definition) is 2. The molecule has 1 aliphatic heterocycles. The minimum Gasteiger partial charge on any atom is -0.493 e. The Balaban J connectivity index is 2.07. The summed E-state index contributed by atoms with van der Waals surface area (Å²) in [4.78, 5) is 11.4. The number of carbonyl (C=O) groups is 1. The number of halogens is 1. The lowest BCUT2D eigenvalue weighted by atomic mass is 9.86. The summed E-state index contributed by atoms with van der Waals surface area (Å²) in [7, 11) is 0. The van der Waals surface area contributed by atoms with E-state index in [0.29, 0.717) is 13.0 Å². The Morgan fingerprint density at radius 1 is 1.30 bits per heavy atom. The van der Waals surface area contributed by atoms with E-state index in [1.807, 2.05) is 12.1 Å². The van der Waals surface area contributed by atoms with Crippen LogP contribution in [0.5, 0.6) is 5.75 Å². The van der Waals surface area contributed by atoms with Gasteiger partial charge >= 0.3 is 0 Å². The highest BCUT2D eigenvalue weighted by molar-refractivity contribution is 9.09. The van der Waals surface area contributed by atoms with Crippen LogP contribution in [0.4, 0.5) is 5.69 Å². The normalized spacial score (nSPS) is 14.7. The maximum absolute atomic E-state index is 11.4. The van der Waals surface area contributed by atoms with Crippen LogP contribution in [0.25, 0.3) is 0 Å². The average Bonchev–Trinajstić information content (AvgIpc) is 2.49. The largest absolute Gasteiger partial charge is 0.493 e. The highest BCUT2D eigenvalue weighted by atomic mass is 79.9. The highest BCUT2D eigenvalue weighted by Crippen LogP contribution is 2.32. The Kier molecular flexibility index (Phi) is 5.08. The van der Waals surface area contributed by atoms with Crippen molar-refractivity contribution < 1.29 is 9.53 Å². The summed E-state index contributed by atoms with van der Waals surface area (Å²) in [5, 5.41) is 3.85. The lowest BCUT2D eigenvalue weighted by molar-refractivity contribution is -0.116. The monoisotopic (exact) mass is 339 g/mol. The predicted octanol–water partition coefficient (Wildman–Crippen LogP) is 4.15. The molecule has 0 aliphatic carbocycles. The molecule has 0 saturated carbocycles. The number of nitrogens with one attached hydrogen (secondary N) is 1. The zero-order valence-corrected chi connectivity index (χ0v) is 13.8. The van der Waals surface area contributed by atoms with E-state index < -0.39 is 0 Å². The lowest BCUT2D eigenvalue weighted by Gasteiger charge is -2.29. The molecule has 1 heterocycles. The number of rotatable bonds is 6. The van der Waals surface area contributed by atoms with E-state index in [1.165, 1.54) is 5.56 Å². The average molecular weight is 340 g/mol. The van der Waals surface area contributed by atoms with Crippen LogP contribution in [0.1, 0.15) is 38.7 Å². The number of aryl methyl sites for hydroxylation is 1. The number of anilines is 1. The Bertz CT molecular complexity index is 475. The number of benzene rings is 1. The fraction of sp³-hybridized carbons (Fsp3) is 0.562. The van der Waals surface area contributed by atoms with E-state index in [0.717, 1.165) is 36.0 Å². The summed E-state index contributed by atoms with van der Waals surface area (Å²) in [6, 6.07) is 6.00. The number of hydrogen-bond donors (Lipinski definition) is 1. The van der Waals surface area contributed by atoms with Crippen molar-refractivity contribution in [2.75, 3.05) is 17.3 Å². The van der Waals surface area contributed by atoms with Crippen molar-refractivity contribution in [3.05, 3.63) is 23.8 Å². The third-order valence-corrected chi connectivity index (χ3v) is 5.49. The Morgan fingerprint density at radius 2 is 2.05 bits per heavy atom. The topological polar surface area (TPSA) is 38.3 Å². The molecular formula is C16H22BrNO2. The molecule has 0 atom stereocenters. The van der Waals surface area contributed by atoms with Gasteiger partial charge in [-0.05, 0) is 30.9 Å². The van der Waals surface area contributed by atoms with Gasteiger partial charge in [0, 0.05) is 28.9 Å². The van der Waals surface area contributed by atoms with E-state index in [1.54, 1.807) is 0 Å². The molecule has 1 N–H and O–H groups in total. The summed E-state index contributed by atoms with van der Waals surface area (Å²) in [5.41, 5.74) is 2.27. The van der Waals surface area contributed by atoms with Gasteiger partial charge in [-0.15, -0.1) is 0 Å². The molecule has 0 radical (unpaired) electrons. The Labute approximate surface area is 129 Å². The molecule has 1 aromatic carbocycles. The zero-order valence-electron chi connectivity index (χ0n) is 12.2. The van der Waals surface area contributed by atoms with Crippen LogP contribution in [0.2, 0.25) is 0 Å². The fourth-order valence-corrected chi connectivity index (χ4v) is 3.31. The first-order valence-electron chi connectivity index (χ1n) is 7.24. The first-order valence-corrected chi connectivity index (χ1v) is 8.36. The van der Waals surface area contributed by atoms with Crippen LogP contribution in [-0.2, 0) is 11.2 Å². The molecule has 0 fully saturated rings. The highest BCUT2D eigenvalue weighted by Gasteiger charge is 2.26. The van der Waals surface area contributed by atoms with Crippen LogP contribution < -0.4 is 10.1 Å². The summed E-state index contributed by atoms with van der Waals surface area (Å²) < 4.78 is 5.96. The Hall–Kier alpha value is -1.03.